The van der Waals surface area contributed by atoms with Gasteiger partial charge in [-0.25, -0.2) is 19.4 Å². The third-order valence-electron chi connectivity index (χ3n) is 6.87. The number of hydrogen-bond donors (Lipinski definition) is 2. The molecule has 0 aliphatic carbocycles. The van der Waals surface area contributed by atoms with Gasteiger partial charge in [-0.1, -0.05) is 0 Å². The number of benzene rings is 1. The molecule has 0 unspecified atom stereocenters. The molecule has 0 amide bonds. The number of aliphatic imine (C=N–C) groups is 2. The topological polar surface area (TPSA) is 120 Å². The molecular weight excluding hydrogens is 509 g/mol. The summed E-state index contributed by atoms with van der Waals surface area (Å²) in [6, 6.07) is 10.3. The van der Waals surface area contributed by atoms with Crippen molar-refractivity contribution < 1.29 is 9.13 Å². The minimum atomic E-state index is -0.394. The second-order valence-corrected chi connectivity index (χ2v) is 9.64. The lowest BCUT2D eigenvalue weighted by Gasteiger charge is -2.15. The fraction of sp³-hybridized carbons (Fsp3) is 0.241. The Morgan fingerprint density at radius 3 is 2.80 bits per heavy atom. The van der Waals surface area contributed by atoms with Crippen LogP contribution in [0.1, 0.15) is 25.5 Å². The minimum absolute atomic E-state index is 0.394. The molecule has 11 heteroatoms. The number of nitrogens with zero attached hydrogens (tertiary/aromatic N) is 7. The van der Waals surface area contributed by atoms with E-state index in [2.05, 4.69) is 41.8 Å². The van der Waals surface area contributed by atoms with Crippen LogP contribution >= 0.6 is 0 Å². The first kappa shape index (κ1) is 25.5. The van der Waals surface area contributed by atoms with Crippen LogP contribution in [0.5, 0.6) is 5.75 Å². The van der Waals surface area contributed by atoms with E-state index >= 15 is 0 Å². The molecule has 0 saturated carbocycles. The van der Waals surface area contributed by atoms with Crippen LogP contribution in [0.15, 0.2) is 58.8 Å². The lowest BCUT2D eigenvalue weighted by Crippen LogP contribution is -2.25. The minimum Gasteiger partial charge on any atom is -0.492 e. The standard InChI is InChI=1S/C29H28FN9O/c1-18(16-32-17-31-2)22-5-6-24-27(34-22)28(38-37-24)29-35-23-7-8-33-25(26(23)36-29)19-13-20(30)15-21(14-19)40-12-11-39-9-3-4-10-39/h5-8,13-17H,2-4,9-12H2,1H3,(H,35,36)(H,37,38)/b18-16+,32-17-. The van der Waals surface area contributed by atoms with Gasteiger partial charge in [-0.15, -0.1) is 0 Å². The van der Waals surface area contributed by atoms with Gasteiger partial charge in [-0.05, 0) is 75.5 Å². The number of imidazole rings is 1. The highest BCUT2D eigenvalue weighted by Crippen LogP contribution is 2.32. The second-order valence-electron chi connectivity index (χ2n) is 9.64. The van der Waals surface area contributed by atoms with Crippen LogP contribution in [0.2, 0.25) is 0 Å². The molecule has 10 nitrogen and oxygen atoms in total. The number of hydrogen-bond acceptors (Lipinski definition) is 7. The quantitative estimate of drug-likeness (QED) is 0.195. The number of allylic oxidation sites excluding steroid dienone is 1. The van der Waals surface area contributed by atoms with Gasteiger partial charge in [0.05, 0.1) is 22.4 Å². The number of H-pyrrole nitrogens is 2. The molecule has 5 aromatic rings. The average molecular weight is 538 g/mol. The number of aromatic amines is 2. The fourth-order valence-electron chi connectivity index (χ4n) is 4.88. The molecule has 0 radical (unpaired) electrons. The Hall–Kier alpha value is -4.77. The van der Waals surface area contributed by atoms with Crippen molar-refractivity contribution in [1.29, 1.82) is 0 Å². The van der Waals surface area contributed by atoms with Gasteiger partial charge in [0.25, 0.3) is 0 Å². The zero-order valence-corrected chi connectivity index (χ0v) is 22.1. The molecule has 1 fully saturated rings. The first-order valence-corrected chi connectivity index (χ1v) is 13.1. The van der Waals surface area contributed by atoms with Crippen LogP contribution in [0, 0.1) is 5.82 Å². The summed E-state index contributed by atoms with van der Waals surface area (Å²) in [5, 5.41) is 7.50. The van der Waals surface area contributed by atoms with Crippen LogP contribution in [0.25, 0.3) is 50.4 Å². The van der Waals surface area contributed by atoms with E-state index in [4.69, 9.17) is 14.7 Å². The molecule has 40 heavy (non-hydrogen) atoms. The van der Waals surface area contributed by atoms with Crippen LogP contribution in [0.4, 0.5) is 4.39 Å². The summed E-state index contributed by atoms with van der Waals surface area (Å²) in [4.78, 5) is 27.5. The summed E-state index contributed by atoms with van der Waals surface area (Å²) in [5.41, 5.74) is 6.06. The van der Waals surface area contributed by atoms with E-state index < -0.39 is 5.82 Å². The van der Waals surface area contributed by atoms with Gasteiger partial charge in [-0.3, -0.25) is 20.0 Å². The lowest BCUT2D eigenvalue weighted by atomic mass is 10.1. The summed E-state index contributed by atoms with van der Waals surface area (Å²) in [7, 11) is 0. The number of rotatable bonds is 9. The van der Waals surface area contributed by atoms with E-state index in [9.17, 15) is 4.39 Å². The van der Waals surface area contributed by atoms with Crippen molar-refractivity contribution in [3.8, 4) is 28.5 Å². The Labute approximate surface area is 229 Å². The zero-order chi connectivity index (χ0) is 27.5. The Morgan fingerprint density at radius 1 is 1.10 bits per heavy atom. The summed E-state index contributed by atoms with van der Waals surface area (Å²) in [5.74, 6) is 0.597. The molecule has 1 saturated heterocycles. The van der Waals surface area contributed by atoms with Crippen LogP contribution in [-0.2, 0) is 0 Å². The molecule has 0 atom stereocenters. The number of likely N-dealkylation sites (tertiary alicyclic amines) is 1. The van der Waals surface area contributed by atoms with Crippen molar-refractivity contribution in [3.05, 3.63) is 60.3 Å². The van der Waals surface area contributed by atoms with Crippen molar-refractivity contribution in [2.24, 2.45) is 9.98 Å². The molecule has 5 heterocycles. The summed E-state index contributed by atoms with van der Waals surface area (Å²) < 4.78 is 20.6. The van der Waals surface area contributed by atoms with Crippen LogP contribution < -0.4 is 4.74 Å². The Bertz CT molecular complexity index is 1750. The predicted octanol–water partition coefficient (Wildman–Crippen LogP) is 5.27. The molecule has 0 spiro atoms. The van der Waals surface area contributed by atoms with E-state index in [0.29, 0.717) is 46.2 Å². The number of nitrogens with one attached hydrogen (secondary N) is 2. The number of fused-ring (bicyclic) bond motifs is 2. The molecule has 1 aliphatic rings. The smallest absolute Gasteiger partial charge is 0.161 e. The largest absolute Gasteiger partial charge is 0.492 e. The van der Waals surface area contributed by atoms with Crippen molar-refractivity contribution in [3.63, 3.8) is 0 Å². The predicted molar refractivity (Wildman–Crippen MR) is 155 cm³/mol. The van der Waals surface area contributed by atoms with Gasteiger partial charge in [-0.2, -0.15) is 5.10 Å². The zero-order valence-electron chi connectivity index (χ0n) is 22.1. The third kappa shape index (κ3) is 5.23. The average Bonchev–Trinajstić information content (AvgIpc) is 3.72. The highest BCUT2D eigenvalue weighted by atomic mass is 19.1. The van der Waals surface area contributed by atoms with Gasteiger partial charge in [0, 0.05) is 30.6 Å². The lowest BCUT2D eigenvalue weighted by molar-refractivity contribution is 0.237. The maximum Gasteiger partial charge on any atom is 0.161 e. The summed E-state index contributed by atoms with van der Waals surface area (Å²) in [6.45, 7) is 8.80. The number of halogens is 1. The molecule has 1 aromatic carbocycles. The van der Waals surface area contributed by atoms with E-state index in [1.54, 1.807) is 18.5 Å². The van der Waals surface area contributed by atoms with E-state index in [1.807, 2.05) is 25.1 Å². The molecule has 2 N–H and O–H groups in total. The van der Waals surface area contributed by atoms with Crippen LogP contribution in [0.3, 0.4) is 0 Å². The molecule has 0 bridgehead atoms. The molecule has 1 aliphatic heterocycles. The van der Waals surface area contributed by atoms with Gasteiger partial charge in [0.15, 0.2) is 11.5 Å². The monoisotopic (exact) mass is 537 g/mol. The van der Waals surface area contributed by atoms with Gasteiger partial charge in [0.2, 0.25) is 0 Å². The SMILES string of the molecule is C=N/C=N\C=C(/C)c1ccc2[nH]nc(-c3nc4c(-c5cc(F)cc(OCCN6CCCC6)c5)nccc4[nH]3)c2n1. The number of aromatic nitrogens is 6. The van der Waals surface area contributed by atoms with Crippen molar-refractivity contribution >= 4 is 40.7 Å². The fourth-order valence-corrected chi connectivity index (χ4v) is 4.88. The van der Waals surface area contributed by atoms with Gasteiger partial charge in [0.1, 0.15) is 35.5 Å². The van der Waals surface area contributed by atoms with E-state index in [1.165, 1.54) is 31.3 Å². The normalized spacial score (nSPS) is 14.6. The molecular formula is C29H28FN9O. The summed E-state index contributed by atoms with van der Waals surface area (Å²) in [6.07, 6.45) is 7.15. The number of ether oxygens (including phenoxy) is 1. The highest BCUT2D eigenvalue weighted by molar-refractivity contribution is 5.95. The summed E-state index contributed by atoms with van der Waals surface area (Å²) >= 11 is 0. The maximum atomic E-state index is 14.7. The molecule has 202 valence electrons. The van der Waals surface area contributed by atoms with E-state index in [0.717, 1.165) is 41.9 Å². The molecule has 4 aromatic heterocycles. The second kappa shape index (κ2) is 11.1. The number of pyridine rings is 2. The first-order chi connectivity index (χ1) is 19.6. The van der Waals surface area contributed by atoms with E-state index in [-0.39, 0.29) is 0 Å². The first-order valence-electron chi connectivity index (χ1n) is 13.1. The van der Waals surface area contributed by atoms with Gasteiger partial charge >= 0.3 is 0 Å². The Balaban J connectivity index is 1.33. The van der Waals surface area contributed by atoms with Gasteiger partial charge < -0.3 is 9.72 Å². The van der Waals surface area contributed by atoms with Crippen LogP contribution in [-0.4, -0.2) is 74.3 Å². The third-order valence-corrected chi connectivity index (χ3v) is 6.87. The Kier molecular flexibility index (Phi) is 7.11. The van der Waals surface area contributed by atoms with Crippen molar-refractivity contribution in [2.45, 2.75) is 19.8 Å². The maximum absolute atomic E-state index is 14.7. The highest BCUT2D eigenvalue weighted by Gasteiger charge is 2.18. The van der Waals surface area contributed by atoms with Crippen molar-refractivity contribution in [2.75, 3.05) is 26.2 Å². The Morgan fingerprint density at radius 2 is 1.95 bits per heavy atom. The van der Waals surface area contributed by atoms with Crippen molar-refractivity contribution in [1.82, 2.24) is 35.0 Å². The molecule has 6 rings (SSSR count).